The van der Waals surface area contributed by atoms with E-state index in [0.717, 1.165) is 37.1 Å². The van der Waals surface area contributed by atoms with Gasteiger partial charge in [-0.1, -0.05) is 60.7 Å². The van der Waals surface area contributed by atoms with E-state index < -0.39 is 22.5 Å². The van der Waals surface area contributed by atoms with E-state index in [4.69, 9.17) is 16.2 Å². The number of ether oxygens (including phenoxy) is 1. The largest absolute Gasteiger partial charge is 0.427 e. The molecule has 0 saturated carbocycles. The number of rotatable bonds is 10. The predicted octanol–water partition coefficient (Wildman–Crippen LogP) is 2.85. The zero-order chi connectivity index (χ0) is 27.8. The Morgan fingerprint density at radius 3 is 2.21 bits per heavy atom. The Kier molecular flexibility index (Phi) is 9.34. The van der Waals surface area contributed by atoms with E-state index in [1.54, 1.807) is 11.1 Å². The van der Waals surface area contributed by atoms with Crippen molar-refractivity contribution < 1.29 is 23.6 Å². The van der Waals surface area contributed by atoms with Crippen LogP contribution in [0, 0.1) is 0 Å². The molecular weight excluding hydrogens is 496 g/mol. The molecule has 5 amide bonds. The fraction of sp³-hybridized carbons (Fsp3) is 0.414. The summed E-state index contributed by atoms with van der Waals surface area (Å²) in [6.45, 7) is 3.88. The molecule has 3 atom stereocenters. The van der Waals surface area contributed by atoms with E-state index in [1.165, 1.54) is 0 Å². The minimum absolute atomic E-state index is 0.0203. The number of amides is 5. The monoisotopic (exact) mass is 535 g/mol. The zero-order valence-electron chi connectivity index (χ0n) is 22.5. The standard InChI is InChI=1S/C29H38N6O4/c1-22(32-29(38)33-14-8-9-15-33)16-25-18-35(28(31)37,27(36)26(30)17-23-10-4-2-5-11-23)20-34(25)21-39-19-24-12-6-3-7-13-24/h2-7,10-13,18,22,26H,8-9,14-17,19-21,30H2,1H3,(H2-,31,32,37,38)/p+1/t22-,26+,35?/m1/s1. The molecule has 0 aliphatic carbocycles. The molecule has 0 spiro atoms. The van der Waals surface area contributed by atoms with Gasteiger partial charge in [-0.15, -0.1) is 4.48 Å². The second-order valence-corrected chi connectivity index (χ2v) is 10.4. The highest BCUT2D eigenvalue weighted by Crippen LogP contribution is 2.29. The van der Waals surface area contributed by atoms with Gasteiger partial charge in [0.1, 0.15) is 19.0 Å². The summed E-state index contributed by atoms with van der Waals surface area (Å²) in [5.41, 5.74) is 14.8. The quantitative estimate of drug-likeness (QED) is 0.401. The van der Waals surface area contributed by atoms with Crippen LogP contribution in [0.2, 0.25) is 0 Å². The Morgan fingerprint density at radius 2 is 1.59 bits per heavy atom. The summed E-state index contributed by atoms with van der Waals surface area (Å²) in [6.07, 6.45) is 4.26. The maximum absolute atomic E-state index is 13.7. The SMILES string of the molecule is C[C@H](CC1=C[N+](C(N)=O)(C(=O)[C@@H](N)Cc2ccccc2)CN1COCc1ccccc1)NC(=O)N1CCCC1. The number of likely N-dealkylation sites (tertiary alicyclic amines) is 1. The average molecular weight is 536 g/mol. The van der Waals surface area contributed by atoms with Crippen molar-refractivity contribution in [3.8, 4) is 0 Å². The van der Waals surface area contributed by atoms with Gasteiger partial charge in [-0.05, 0) is 30.9 Å². The van der Waals surface area contributed by atoms with Crippen molar-refractivity contribution in [2.75, 3.05) is 26.5 Å². The third kappa shape index (κ3) is 7.03. The van der Waals surface area contributed by atoms with E-state index >= 15 is 0 Å². The van der Waals surface area contributed by atoms with Crippen molar-refractivity contribution in [2.24, 2.45) is 11.5 Å². The molecule has 208 valence electrons. The van der Waals surface area contributed by atoms with Crippen LogP contribution in [0.3, 0.4) is 0 Å². The molecule has 39 heavy (non-hydrogen) atoms. The van der Waals surface area contributed by atoms with Crippen LogP contribution in [-0.2, 0) is 22.6 Å². The molecule has 10 nitrogen and oxygen atoms in total. The summed E-state index contributed by atoms with van der Waals surface area (Å²) in [4.78, 5) is 42.9. The molecule has 4 rings (SSSR count). The summed E-state index contributed by atoms with van der Waals surface area (Å²) in [5, 5.41) is 3.04. The summed E-state index contributed by atoms with van der Waals surface area (Å²) in [6, 6.07) is 17.1. The van der Waals surface area contributed by atoms with Gasteiger partial charge in [0.15, 0.2) is 6.67 Å². The molecule has 5 N–H and O–H groups in total. The Hall–Kier alpha value is -3.73. The van der Waals surface area contributed by atoms with Crippen LogP contribution in [0.25, 0.3) is 0 Å². The van der Waals surface area contributed by atoms with Crippen molar-refractivity contribution in [1.29, 1.82) is 0 Å². The molecule has 0 radical (unpaired) electrons. The van der Waals surface area contributed by atoms with Gasteiger partial charge in [0.2, 0.25) is 0 Å². The van der Waals surface area contributed by atoms with Gasteiger partial charge in [0, 0.05) is 32.0 Å². The number of hydrogen-bond donors (Lipinski definition) is 3. The van der Waals surface area contributed by atoms with Crippen molar-refractivity contribution >= 4 is 18.0 Å². The van der Waals surface area contributed by atoms with Crippen molar-refractivity contribution in [2.45, 2.75) is 51.3 Å². The number of urea groups is 2. The molecule has 1 saturated heterocycles. The number of primary amides is 1. The first kappa shape index (κ1) is 28.3. The summed E-state index contributed by atoms with van der Waals surface area (Å²) < 4.78 is 5.24. The van der Waals surface area contributed by atoms with Crippen molar-refractivity contribution in [1.82, 2.24) is 15.1 Å². The maximum atomic E-state index is 13.7. The first-order valence-electron chi connectivity index (χ1n) is 13.4. The predicted molar refractivity (Wildman–Crippen MR) is 147 cm³/mol. The number of carbonyl (C=O) groups excluding carboxylic acids is 3. The number of imide groups is 1. The lowest BCUT2D eigenvalue weighted by molar-refractivity contribution is -0.722. The smallest absolute Gasteiger partial charge is 0.356 e. The number of nitrogens with one attached hydrogen (secondary N) is 1. The van der Waals surface area contributed by atoms with Gasteiger partial charge in [-0.25, -0.2) is 14.4 Å². The molecule has 0 aromatic heterocycles. The van der Waals surface area contributed by atoms with E-state index in [-0.39, 0.29) is 31.9 Å². The summed E-state index contributed by atoms with van der Waals surface area (Å²) in [7, 11) is 0. The Labute approximate surface area is 229 Å². The van der Waals surface area contributed by atoms with Gasteiger partial charge >= 0.3 is 18.0 Å². The van der Waals surface area contributed by atoms with Crippen LogP contribution < -0.4 is 16.8 Å². The van der Waals surface area contributed by atoms with Gasteiger partial charge < -0.3 is 26.4 Å². The van der Waals surface area contributed by atoms with E-state index in [9.17, 15) is 14.4 Å². The van der Waals surface area contributed by atoms with E-state index in [1.807, 2.05) is 72.5 Å². The van der Waals surface area contributed by atoms with E-state index in [2.05, 4.69) is 5.32 Å². The molecule has 2 aromatic carbocycles. The number of carbonyl (C=O) groups is 3. The van der Waals surface area contributed by atoms with E-state index in [0.29, 0.717) is 18.7 Å². The highest BCUT2D eigenvalue weighted by molar-refractivity contribution is 5.87. The van der Waals surface area contributed by atoms with Crippen LogP contribution in [0.15, 0.2) is 72.6 Å². The van der Waals surface area contributed by atoms with Gasteiger partial charge in [0.05, 0.1) is 12.3 Å². The lowest BCUT2D eigenvalue weighted by atomic mass is 10.1. The molecule has 2 heterocycles. The number of benzene rings is 2. The lowest BCUT2D eigenvalue weighted by Gasteiger charge is -2.29. The number of hydrogen-bond acceptors (Lipinski definition) is 6. The maximum Gasteiger partial charge on any atom is 0.427 e. The minimum atomic E-state index is -0.935. The normalized spacial score (nSPS) is 20.4. The Balaban J connectivity index is 1.51. The zero-order valence-corrected chi connectivity index (χ0v) is 22.5. The summed E-state index contributed by atoms with van der Waals surface area (Å²) in [5.74, 6) is -0.483. The number of nitrogens with two attached hydrogens (primary N) is 2. The molecule has 2 aliphatic rings. The number of quaternary nitrogens is 1. The van der Waals surface area contributed by atoms with Crippen LogP contribution in [0.5, 0.6) is 0 Å². The molecule has 10 heteroatoms. The van der Waals surface area contributed by atoms with Crippen LogP contribution in [-0.4, -0.2) is 70.8 Å². The van der Waals surface area contributed by atoms with Crippen molar-refractivity contribution in [3.63, 3.8) is 0 Å². The minimum Gasteiger partial charge on any atom is -0.356 e. The topological polar surface area (TPSA) is 131 Å². The molecule has 0 bridgehead atoms. The Bertz CT molecular complexity index is 1170. The average Bonchev–Trinajstić information content (AvgIpc) is 3.59. The molecule has 1 unspecified atom stereocenters. The van der Waals surface area contributed by atoms with Crippen molar-refractivity contribution in [3.05, 3.63) is 83.7 Å². The van der Waals surface area contributed by atoms with Crippen LogP contribution in [0.4, 0.5) is 9.59 Å². The van der Waals surface area contributed by atoms with Gasteiger partial charge in [0.25, 0.3) is 0 Å². The molecule has 1 fully saturated rings. The fourth-order valence-electron chi connectivity index (χ4n) is 5.10. The van der Waals surface area contributed by atoms with Gasteiger partial charge in [-0.3, -0.25) is 4.90 Å². The van der Waals surface area contributed by atoms with Crippen LogP contribution in [0.1, 0.15) is 37.3 Å². The van der Waals surface area contributed by atoms with Gasteiger partial charge in [-0.2, -0.15) is 0 Å². The second-order valence-electron chi connectivity index (χ2n) is 10.4. The third-order valence-electron chi connectivity index (χ3n) is 7.21. The fourth-order valence-corrected chi connectivity index (χ4v) is 5.10. The molecule has 2 aromatic rings. The lowest BCUT2D eigenvalue weighted by Crippen LogP contribution is -2.61. The summed E-state index contributed by atoms with van der Waals surface area (Å²) >= 11 is 0. The first-order valence-corrected chi connectivity index (χ1v) is 13.4. The molecule has 2 aliphatic heterocycles. The molecular formula is C29H39N6O4+. The third-order valence-corrected chi connectivity index (χ3v) is 7.21. The highest BCUT2D eigenvalue weighted by atomic mass is 16.5. The second kappa shape index (κ2) is 12.9. The number of nitrogens with zero attached hydrogens (tertiary/aromatic N) is 3. The highest BCUT2D eigenvalue weighted by Gasteiger charge is 2.51. The first-order chi connectivity index (χ1) is 18.8. The van der Waals surface area contributed by atoms with Crippen LogP contribution >= 0.6 is 0 Å². The Morgan fingerprint density at radius 1 is 0.974 bits per heavy atom.